The summed E-state index contributed by atoms with van der Waals surface area (Å²) < 4.78 is 1.53. The van der Waals surface area contributed by atoms with Gasteiger partial charge in [0.2, 0.25) is 5.95 Å². The molecule has 3 heterocycles. The van der Waals surface area contributed by atoms with E-state index in [4.69, 9.17) is 11.6 Å². The summed E-state index contributed by atoms with van der Waals surface area (Å²) in [4.78, 5) is 36.0. The highest BCUT2D eigenvalue weighted by Crippen LogP contribution is 2.33. The van der Waals surface area contributed by atoms with E-state index in [1.807, 2.05) is 9.80 Å². The minimum atomic E-state index is -1.01. The first kappa shape index (κ1) is 20.1. The van der Waals surface area contributed by atoms with Crippen LogP contribution in [-0.4, -0.2) is 67.8 Å². The van der Waals surface area contributed by atoms with Gasteiger partial charge in [-0.1, -0.05) is 17.7 Å². The van der Waals surface area contributed by atoms with Gasteiger partial charge in [-0.3, -0.25) is 14.5 Å². The maximum atomic E-state index is 12.3. The summed E-state index contributed by atoms with van der Waals surface area (Å²) in [6.45, 7) is 1.92. The lowest BCUT2D eigenvalue weighted by molar-refractivity contribution is -0.143. The SMILES string of the molecule is O=C(O)Cn1cc([C@H](C(=O)O)N2CCN(c3ncccn3)CC2)c2ccc(Cl)cc21. The van der Waals surface area contributed by atoms with Crippen molar-refractivity contribution in [3.05, 3.63) is 53.4 Å². The molecule has 30 heavy (non-hydrogen) atoms. The molecule has 1 aliphatic rings. The number of carboxylic acids is 2. The van der Waals surface area contributed by atoms with Gasteiger partial charge in [-0.2, -0.15) is 0 Å². The molecule has 0 radical (unpaired) electrons. The third-order valence-corrected chi connectivity index (χ3v) is 5.46. The number of piperazine rings is 1. The summed E-state index contributed by atoms with van der Waals surface area (Å²) >= 11 is 6.10. The summed E-state index contributed by atoms with van der Waals surface area (Å²) in [5.41, 5.74) is 1.15. The Kier molecular flexibility index (Phi) is 5.56. The number of hydrogen-bond acceptors (Lipinski definition) is 6. The average Bonchev–Trinajstić information content (AvgIpc) is 3.05. The van der Waals surface area contributed by atoms with Gasteiger partial charge in [0.15, 0.2) is 0 Å². The van der Waals surface area contributed by atoms with Crippen LogP contribution in [0.4, 0.5) is 5.95 Å². The molecule has 0 bridgehead atoms. The van der Waals surface area contributed by atoms with Crippen molar-refractivity contribution >= 4 is 40.4 Å². The molecule has 2 N–H and O–H groups in total. The predicted molar refractivity (Wildman–Crippen MR) is 111 cm³/mol. The molecular formula is C20H20ClN5O4. The number of aliphatic carboxylic acids is 2. The van der Waals surface area contributed by atoms with Crippen LogP contribution in [0, 0.1) is 0 Å². The molecule has 0 amide bonds. The Morgan fingerprint density at radius 1 is 1.10 bits per heavy atom. The van der Waals surface area contributed by atoms with E-state index in [0.717, 1.165) is 0 Å². The second-order valence-corrected chi connectivity index (χ2v) is 7.52. The average molecular weight is 430 g/mol. The number of carbonyl (C=O) groups is 2. The molecule has 1 atom stereocenters. The Morgan fingerprint density at radius 3 is 2.43 bits per heavy atom. The molecule has 0 unspecified atom stereocenters. The summed E-state index contributed by atoms with van der Waals surface area (Å²) in [5, 5.41) is 20.4. The van der Waals surface area contributed by atoms with Gasteiger partial charge in [0.25, 0.3) is 0 Å². The fraction of sp³-hybridized carbons (Fsp3) is 0.300. The zero-order chi connectivity index (χ0) is 21.3. The van der Waals surface area contributed by atoms with E-state index in [-0.39, 0.29) is 6.54 Å². The molecule has 9 nitrogen and oxygen atoms in total. The molecule has 0 saturated carbocycles. The highest BCUT2D eigenvalue weighted by Gasteiger charge is 2.33. The molecule has 10 heteroatoms. The minimum Gasteiger partial charge on any atom is -0.480 e. The van der Waals surface area contributed by atoms with Crippen LogP contribution in [0.5, 0.6) is 0 Å². The monoisotopic (exact) mass is 429 g/mol. The van der Waals surface area contributed by atoms with Crippen LogP contribution in [0.25, 0.3) is 10.9 Å². The summed E-state index contributed by atoms with van der Waals surface area (Å²) in [6, 6.07) is 5.94. The maximum Gasteiger partial charge on any atom is 0.325 e. The Labute approximate surface area is 177 Å². The van der Waals surface area contributed by atoms with Crippen molar-refractivity contribution in [2.75, 3.05) is 31.1 Å². The Hall–Kier alpha value is -3.17. The number of benzene rings is 1. The topological polar surface area (TPSA) is 112 Å². The van der Waals surface area contributed by atoms with E-state index >= 15 is 0 Å². The van der Waals surface area contributed by atoms with Crippen LogP contribution < -0.4 is 4.90 Å². The van der Waals surface area contributed by atoms with Crippen LogP contribution in [0.3, 0.4) is 0 Å². The highest BCUT2D eigenvalue weighted by atomic mass is 35.5. The Bertz CT molecular complexity index is 1080. The van der Waals surface area contributed by atoms with Gasteiger partial charge in [0.05, 0.1) is 5.52 Å². The number of rotatable bonds is 6. The Morgan fingerprint density at radius 2 is 1.80 bits per heavy atom. The zero-order valence-electron chi connectivity index (χ0n) is 16.0. The largest absolute Gasteiger partial charge is 0.480 e. The van der Waals surface area contributed by atoms with Gasteiger partial charge in [0.1, 0.15) is 12.6 Å². The van der Waals surface area contributed by atoms with E-state index in [0.29, 0.717) is 53.6 Å². The number of hydrogen-bond donors (Lipinski definition) is 2. The number of fused-ring (bicyclic) bond motifs is 1. The molecule has 1 aliphatic heterocycles. The second-order valence-electron chi connectivity index (χ2n) is 7.08. The van der Waals surface area contributed by atoms with Crippen molar-refractivity contribution in [2.45, 2.75) is 12.6 Å². The zero-order valence-corrected chi connectivity index (χ0v) is 16.7. The van der Waals surface area contributed by atoms with Crippen molar-refractivity contribution in [3.8, 4) is 0 Å². The van der Waals surface area contributed by atoms with Gasteiger partial charge in [-0.05, 0) is 18.2 Å². The second kappa shape index (κ2) is 8.29. The van der Waals surface area contributed by atoms with Gasteiger partial charge in [0, 0.05) is 60.7 Å². The summed E-state index contributed by atoms with van der Waals surface area (Å²) in [7, 11) is 0. The quantitative estimate of drug-likeness (QED) is 0.612. The lowest BCUT2D eigenvalue weighted by Crippen LogP contribution is -2.49. The van der Waals surface area contributed by atoms with Crippen LogP contribution >= 0.6 is 11.6 Å². The number of anilines is 1. The fourth-order valence-electron chi connectivity index (χ4n) is 3.91. The lowest BCUT2D eigenvalue weighted by Gasteiger charge is -2.37. The summed E-state index contributed by atoms with van der Waals surface area (Å²) in [5.74, 6) is -1.37. The van der Waals surface area contributed by atoms with Gasteiger partial charge in [-0.25, -0.2) is 9.97 Å². The minimum absolute atomic E-state index is 0.275. The van der Waals surface area contributed by atoms with Gasteiger partial charge >= 0.3 is 11.9 Å². The highest BCUT2D eigenvalue weighted by molar-refractivity contribution is 6.31. The molecule has 1 aromatic carbocycles. The van der Waals surface area contributed by atoms with Gasteiger partial charge < -0.3 is 19.7 Å². The van der Waals surface area contributed by atoms with Crippen molar-refractivity contribution < 1.29 is 19.8 Å². The van der Waals surface area contributed by atoms with E-state index in [2.05, 4.69) is 9.97 Å². The molecule has 0 spiro atoms. The molecule has 156 valence electrons. The van der Waals surface area contributed by atoms with Crippen molar-refractivity contribution in [2.24, 2.45) is 0 Å². The van der Waals surface area contributed by atoms with Crippen molar-refractivity contribution in [3.63, 3.8) is 0 Å². The van der Waals surface area contributed by atoms with E-state index in [1.165, 1.54) is 4.57 Å². The van der Waals surface area contributed by atoms with E-state index in [9.17, 15) is 19.8 Å². The van der Waals surface area contributed by atoms with Crippen LogP contribution in [0.15, 0.2) is 42.9 Å². The number of aromatic nitrogens is 3. The van der Waals surface area contributed by atoms with Crippen LogP contribution in [0.2, 0.25) is 5.02 Å². The number of carboxylic acid groups (broad SMARTS) is 2. The molecule has 2 aromatic heterocycles. The first-order valence-corrected chi connectivity index (χ1v) is 9.81. The third kappa shape index (κ3) is 3.94. The van der Waals surface area contributed by atoms with E-state index in [1.54, 1.807) is 42.9 Å². The van der Waals surface area contributed by atoms with Crippen LogP contribution in [-0.2, 0) is 16.1 Å². The van der Waals surface area contributed by atoms with Crippen LogP contribution in [0.1, 0.15) is 11.6 Å². The Balaban J connectivity index is 1.65. The molecule has 1 fully saturated rings. The first-order chi connectivity index (χ1) is 14.4. The maximum absolute atomic E-state index is 12.3. The van der Waals surface area contributed by atoms with Crippen molar-refractivity contribution in [1.29, 1.82) is 0 Å². The molecule has 1 saturated heterocycles. The fourth-order valence-corrected chi connectivity index (χ4v) is 4.07. The number of halogens is 1. The number of nitrogens with zero attached hydrogens (tertiary/aromatic N) is 5. The molecule has 3 aromatic rings. The summed E-state index contributed by atoms with van der Waals surface area (Å²) in [6.07, 6.45) is 4.97. The first-order valence-electron chi connectivity index (χ1n) is 9.43. The van der Waals surface area contributed by atoms with E-state index < -0.39 is 18.0 Å². The third-order valence-electron chi connectivity index (χ3n) is 5.22. The normalized spacial score (nSPS) is 16.0. The molecule has 4 rings (SSSR count). The lowest BCUT2D eigenvalue weighted by atomic mass is 10.0. The van der Waals surface area contributed by atoms with Gasteiger partial charge in [-0.15, -0.1) is 0 Å². The standard InChI is InChI=1S/C20H20ClN5O4/c21-13-2-3-14-15(11-26(12-17(27)28)16(14)10-13)18(19(29)30)24-6-8-25(9-7-24)20-22-4-1-5-23-20/h1-5,10-11,18H,6-9,12H2,(H,27,28)(H,29,30)/t18-/m1/s1. The van der Waals surface area contributed by atoms with Crippen molar-refractivity contribution in [1.82, 2.24) is 19.4 Å². The smallest absolute Gasteiger partial charge is 0.325 e. The molecular weight excluding hydrogens is 410 g/mol. The predicted octanol–water partition coefficient (Wildman–Crippen LogP) is 2.12. The molecule has 0 aliphatic carbocycles.